The molecule has 0 aliphatic rings. The number of halogens is 1. The zero-order valence-corrected chi connectivity index (χ0v) is 12.2. The molecule has 2 aromatic carbocycles. The molecule has 2 aromatic rings. The minimum Gasteiger partial charge on any atom is -0.325 e. The Morgan fingerprint density at radius 3 is 2.67 bits per heavy atom. The Morgan fingerprint density at radius 1 is 1.19 bits per heavy atom. The standard InChI is InChI=1S/C17H19FN2O/c1-12-6-3-4-9-16(12)20-17(21)11-19-13(2)14-7-5-8-15(18)10-14/h3-10,13,19H,11H2,1-2H3,(H,20,21)/t13-/m0/s1. The maximum atomic E-state index is 13.2. The van der Waals surface area contributed by atoms with E-state index < -0.39 is 0 Å². The van der Waals surface area contributed by atoms with E-state index in [1.807, 2.05) is 44.2 Å². The predicted octanol–water partition coefficient (Wildman–Crippen LogP) is 3.42. The van der Waals surface area contributed by atoms with E-state index in [9.17, 15) is 9.18 Å². The fourth-order valence-corrected chi connectivity index (χ4v) is 2.05. The van der Waals surface area contributed by atoms with Crippen LogP contribution in [0.25, 0.3) is 0 Å². The number of nitrogens with one attached hydrogen (secondary N) is 2. The molecule has 0 fully saturated rings. The van der Waals surface area contributed by atoms with Gasteiger partial charge in [0, 0.05) is 11.7 Å². The zero-order valence-electron chi connectivity index (χ0n) is 12.2. The summed E-state index contributed by atoms with van der Waals surface area (Å²) in [6.45, 7) is 4.01. The first kappa shape index (κ1) is 15.2. The number of carbonyl (C=O) groups excluding carboxylic acids is 1. The van der Waals surface area contributed by atoms with Gasteiger partial charge in [-0.3, -0.25) is 4.79 Å². The molecule has 0 spiro atoms. The highest BCUT2D eigenvalue weighted by molar-refractivity contribution is 5.92. The van der Waals surface area contributed by atoms with Gasteiger partial charge in [-0.15, -0.1) is 0 Å². The molecular formula is C17H19FN2O. The summed E-state index contributed by atoms with van der Waals surface area (Å²) < 4.78 is 13.2. The van der Waals surface area contributed by atoms with Gasteiger partial charge < -0.3 is 10.6 Å². The molecular weight excluding hydrogens is 267 g/mol. The van der Waals surface area contributed by atoms with Crippen LogP contribution in [0, 0.1) is 12.7 Å². The molecule has 0 saturated heterocycles. The van der Waals surface area contributed by atoms with E-state index in [0.29, 0.717) is 0 Å². The lowest BCUT2D eigenvalue weighted by atomic mass is 10.1. The summed E-state index contributed by atoms with van der Waals surface area (Å²) in [6, 6.07) is 13.9. The van der Waals surface area contributed by atoms with Crippen molar-refractivity contribution in [3.63, 3.8) is 0 Å². The molecule has 0 bridgehead atoms. The Balaban J connectivity index is 1.88. The molecule has 0 aromatic heterocycles. The van der Waals surface area contributed by atoms with Crippen molar-refractivity contribution < 1.29 is 9.18 Å². The smallest absolute Gasteiger partial charge is 0.238 e. The first-order valence-corrected chi connectivity index (χ1v) is 6.90. The van der Waals surface area contributed by atoms with E-state index in [1.54, 1.807) is 6.07 Å². The minimum atomic E-state index is -0.273. The van der Waals surface area contributed by atoms with Gasteiger partial charge >= 0.3 is 0 Å². The molecule has 1 amide bonds. The first-order chi connectivity index (χ1) is 10.1. The number of aryl methyl sites for hydroxylation is 1. The van der Waals surface area contributed by atoms with Gasteiger partial charge in [0.1, 0.15) is 5.82 Å². The summed E-state index contributed by atoms with van der Waals surface area (Å²) in [4.78, 5) is 11.9. The number of hydrogen-bond donors (Lipinski definition) is 2. The fourth-order valence-electron chi connectivity index (χ4n) is 2.05. The zero-order chi connectivity index (χ0) is 15.2. The molecule has 1 atom stereocenters. The molecule has 0 saturated carbocycles. The van der Waals surface area contributed by atoms with Crippen LogP contribution in [0.1, 0.15) is 24.1 Å². The van der Waals surface area contributed by atoms with Crippen molar-refractivity contribution in [3.8, 4) is 0 Å². The summed E-state index contributed by atoms with van der Waals surface area (Å²) in [5.74, 6) is -0.391. The number of para-hydroxylation sites is 1. The fraction of sp³-hybridized carbons (Fsp3) is 0.235. The van der Waals surface area contributed by atoms with Crippen molar-refractivity contribution in [2.75, 3.05) is 11.9 Å². The van der Waals surface area contributed by atoms with Crippen LogP contribution in [0.4, 0.5) is 10.1 Å². The summed E-state index contributed by atoms with van der Waals surface area (Å²) >= 11 is 0. The van der Waals surface area contributed by atoms with Gasteiger partial charge in [0.25, 0.3) is 0 Å². The van der Waals surface area contributed by atoms with Crippen LogP contribution in [0.15, 0.2) is 48.5 Å². The number of benzene rings is 2. The van der Waals surface area contributed by atoms with Crippen molar-refractivity contribution >= 4 is 11.6 Å². The van der Waals surface area contributed by atoms with Crippen LogP contribution >= 0.6 is 0 Å². The van der Waals surface area contributed by atoms with Crippen LogP contribution in [0.2, 0.25) is 0 Å². The second-order valence-electron chi connectivity index (χ2n) is 5.02. The van der Waals surface area contributed by atoms with Crippen LogP contribution in [0.3, 0.4) is 0 Å². The van der Waals surface area contributed by atoms with E-state index in [0.717, 1.165) is 16.8 Å². The highest BCUT2D eigenvalue weighted by atomic mass is 19.1. The SMILES string of the molecule is Cc1ccccc1NC(=O)CN[C@@H](C)c1cccc(F)c1. The average molecular weight is 286 g/mol. The third-order valence-electron chi connectivity index (χ3n) is 3.34. The predicted molar refractivity (Wildman–Crippen MR) is 82.6 cm³/mol. The van der Waals surface area contributed by atoms with E-state index in [-0.39, 0.29) is 24.3 Å². The molecule has 0 unspecified atom stereocenters. The quantitative estimate of drug-likeness (QED) is 0.884. The van der Waals surface area contributed by atoms with E-state index in [1.165, 1.54) is 12.1 Å². The second-order valence-corrected chi connectivity index (χ2v) is 5.02. The summed E-state index contributed by atoms with van der Waals surface area (Å²) in [6.07, 6.45) is 0. The Kier molecular flexibility index (Phi) is 5.06. The lowest BCUT2D eigenvalue weighted by molar-refractivity contribution is -0.115. The van der Waals surface area contributed by atoms with Crippen LogP contribution < -0.4 is 10.6 Å². The number of anilines is 1. The Morgan fingerprint density at radius 2 is 1.95 bits per heavy atom. The van der Waals surface area contributed by atoms with Crippen molar-refractivity contribution in [3.05, 3.63) is 65.5 Å². The van der Waals surface area contributed by atoms with Gasteiger partial charge in [-0.05, 0) is 43.2 Å². The van der Waals surface area contributed by atoms with Gasteiger partial charge in [0.2, 0.25) is 5.91 Å². The van der Waals surface area contributed by atoms with E-state index in [2.05, 4.69) is 10.6 Å². The average Bonchev–Trinajstić information content (AvgIpc) is 2.47. The topological polar surface area (TPSA) is 41.1 Å². The van der Waals surface area contributed by atoms with Gasteiger partial charge in [0.15, 0.2) is 0 Å². The largest absolute Gasteiger partial charge is 0.325 e. The highest BCUT2D eigenvalue weighted by Gasteiger charge is 2.09. The first-order valence-electron chi connectivity index (χ1n) is 6.90. The maximum Gasteiger partial charge on any atom is 0.238 e. The van der Waals surface area contributed by atoms with Gasteiger partial charge in [-0.1, -0.05) is 30.3 Å². The van der Waals surface area contributed by atoms with Crippen molar-refractivity contribution in [2.24, 2.45) is 0 Å². The Bertz CT molecular complexity index is 628. The molecule has 0 aliphatic heterocycles. The summed E-state index contributed by atoms with van der Waals surface area (Å²) in [7, 11) is 0. The molecule has 110 valence electrons. The molecule has 0 radical (unpaired) electrons. The van der Waals surface area contributed by atoms with Crippen LogP contribution in [-0.2, 0) is 4.79 Å². The highest BCUT2D eigenvalue weighted by Crippen LogP contribution is 2.14. The number of hydrogen-bond acceptors (Lipinski definition) is 2. The van der Waals surface area contributed by atoms with Crippen molar-refractivity contribution in [2.45, 2.75) is 19.9 Å². The molecule has 2 N–H and O–H groups in total. The van der Waals surface area contributed by atoms with E-state index >= 15 is 0 Å². The van der Waals surface area contributed by atoms with E-state index in [4.69, 9.17) is 0 Å². The van der Waals surface area contributed by atoms with Gasteiger partial charge in [-0.2, -0.15) is 0 Å². The van der Waals surface area contributed by atoms with Crippen LogP contribution in [-0.4, -0.2) is 12.5 Å². The number of amides is 1. The lowest BCUT2D eigenvalue weighted by Crippen LogP contribution is -2.30. The molecule has 2 rings (SSSR count). The summed E-state index contributed by atoms with van der Waals surface area (Å²) in [5.41, 5.74) is 2.64. The normalized spacial score (nSPS) is 12.0. The number of rotatable bonds is 5. The second kappa shape index (κ2) is 6.99. The number of carbonyl (C=O) groups is 1. The maximum absolute atomic E-state index is 13.2. The molecule has 21 heavy (non-hydrogen) atoms. The molecule has 3 nitrogen and oxygen atoms in total. The molecule has 0 heterocycles. The monoisotopic (exact) mass is 286 g/mol. The minimum absolute atomic E-state index is 0.0941. The third-order valence-corrected chi connectivity index (χ3v) is 3.34. The molecule has 4 heteroatoms. The Labute approximate surface area is 124 Å². The summed E-state index contributed by atoms with van der Waals surface area (Å²) in [5, 5.41) is 5.94. The van der Waals surface area contributed by atoms with Gasteiger partial charge in [-0.25, -0.2) is 4.39 Å². The van der Waals surface area contributed by atoms with Crippen molar-refractivity contribution in [1.29, 1.82) is 0 Å². The third kappa shape index (κ3) is 4.39. The lowest BCUT2D eigenvalue weighted by Gasteiger charge is -2.14. The van der Waals surface area contributed by atoms with Crippen molar-refractivity contribution in [1.82, 2.24) is 5.32 Å². The van der Waals surface area contributed by atoms with Crippen LogP contribution in [0.5, 0.6) is 0 Å². The Hall–Kier alpha value is -2.20. The molecule has 0 aliphatic carbocycles. The van der Waals surface area contributed by atoms with Gasteiger partial charge in [0.05, 0.1) is 6.54 Å².